The van der Waals surface area contributed by atoms with Crippen LogP contribution in [0, 0.1) is 0 Å². The molecule has 0 bridgehead atoms. The van der Waals surface area contributed by atoms with E-state index in [4.69, 9.17) is 4.74 Å². The Morgan fingerprint density at radius 3 is 2.45 bits per heavy atom. The van der Waals surface area contributed by atoms with Crippen molar-refractivity contribution in [3.63, 3.8) is 0 Å². The molecule has 1 aromatic rings. The van der Waals surface area contributed by atoms with Crippen molar-refractivity contribution in [1.82, 2.24) is 4.90 Å². The predicted octanol–water partition coefficient (Wildman–Crippen LogP) is 0.897. The summed E-state index contributed by atoms with van der Waals surface area (Å²) in [7, 11) is -3.85. The molecule has 1 atom stereocenters. The second-order valence-corrected chi connectivity index (χ2v) is 7.61. The first kappa shape index (κ1) is 16.3. The predicted molar refractivity (Wildman–Crippen MR) is 78.0 cm³/mol. The van der Waals surface area contributed by atoms with Crippen molar-refractivity contribution >= 4 is 21.9 Å². The first-order valence-electron chi connectivity index (χ1n) is 6.65. The van der Waals surface area contributed by atoms with Gasteiger partial charge in [0.2, 0.25) is 0 Å². The Morgan fingerprint density at radius 1 is 1.32 bits per heavy atom. The number of carboxylic acid groups (broad SMARTS) is 1. The van der Waals surface area contributed by atoms with Gasteiger partial charge in [0, 0.05) is 12.8 Å². The molecule has 1 N–H and O–H groups in total. The van der Waals surface area contributed by atoms with Crippen LogP contribution in [0.1, 0.15) is 12.0 Å². The highest BCUT2D eigenvalue weighted by molar-refractivity contribution is 7.92. The Bertz CT molecular complexity index is 672. The molecule has 1 aromatic carbocycles. The van der Waals surface area contributed by atoms with E-state index in [2.05, 4.69) is 0 Å². The summed E-state index contributed by atoms with van der Waals surface area (Å²) in [5.74, 6) is -1.44. The number of nitrogens with zero attached hydrogens (tertiary/aromatic N) is 1. The number of amides is 1. The average molecular weight is 327 g/mol. The van der Waals surface area contributed by atoms with E-state index in [0.717, 1.165) is 16.7 Å². The molecular formula is C14H17NO6S. The van der Waals surface area contributed by atoms with Gasteiger partial charge < -0.3 is 14.7 Å². The van der Waals surface area contributed by atoms with Crippen molar-refractivity contribution in [3.8, 4) is 0 Å². The van der Waals surface area contributed by atoms with Gasteiger partial charge in [-0.05, 0) is 12.0 Å². The van der Waals surface area contributed by atoms with E-state index in [1.165, 1.54) is 0 Å². The van der Waals surface area contributed by atoms with E-state index < -0.39 is 33.2 Å². The van der Waals surface area contributed by atoms with Crippen molar-refractivity contribution < 1.29 is 27.9 Å². The molecule has 22 heavy (non-hydrogen) atoms. The Kier molecular flexibility index (Phi) is 4.41. The first-order valence-corrected chi connectivity index (χ1v) is 8.54. The number of sulfone groups is 1. The van der Waals surface area contributed by atoms with Crippen molar-refractivity contribution in [2.24, 2.45) is 0 Å². The summed E-state index contributed by atoms with van der Waals surface area (Å²) in [6.45, 7) is -0.309. The lowest BCUT2D eigenvalue weighted by atomic mass is 10.1. The Balaban J connectivity index is 2.03. The molecule has 120 valence electrons. The average Bonchev–Trinajstić information content (AvgIpc) is 2.92. The maximum absolute atomic E-state index is 12.0. The van der Waals surface area contributed by atoms with Gasteiger partial charge in [0.1, 0.15) is 6.61 Å². The third-order valence-electron chi connectivity index (χ3n) is 3.79. The Morgan fingerprint density at radius 2 is 1.95 bits per heavy atom. The molecule has 1 unspecified atom stereocenters. The van der Waals surface area contributed by atoms with Crippen molar-refractivity contribution in [2.45, 2.75) is 17.8 Å². The van der Waals surface area contributed by atoms with Crippen molar-refractivity contribution in [2.75, 3.05) is 19.3 Å². The number of carbonyl (C=O) groups is 2. The molecule has 1 heterocycles. The largest absolute Gasteiger partial charge is 0.480 e. The number of hydrogen-bond donors (Lipinski definition) is 1. The SMILES string of the molecule is CS(=O)(=O)C1(C(=O)O)CCN(C(=O)OCc2ccccc2)C1. The Hall–Kier alpha value is -2.09. The summed E-state index contributed by atoms with van der Waals surface area (Å²) in [6, 6.07) is 9.01. The van der Waals surface area contributed by atoms with Gasteiger partial charge in [-0.15, -0.1) is 0 Å². The number of ether oxygens (including phenoxy) is 1. The van der Waals surface area contributed by atoms with Crippen molar-refractivity contribution in [3.05, 3.63) is 35.9 Å². The number of carboxylic acids is 1. The molecule has 0 aromatic heterocycles. The summed E-state index contributed by atoms with van der Waals surface area (Å²) >= 11 is 0. The lowest BCUT2D eigenvalue weighted by Gasteiger charge is -2.22. The molecule has 0 radical (unpaired) electrons. The summed E-state index contributed by atoms with van der Waals surface area (Å²) in [4.78, 5) is 24.5. The zero-order chi connectivity index (χ0) is 16.4. The van der Waals surface area contributed by atoms with E-state index in [1.54, 1.807) is 24.3 Å². The van der Waals surface area contributed by atoms with Gasteiger partial charge in [0.25, 0.3) is 0 Å². The van der Waals surface area contributed by atoms with Gasteiger partial charge in [-0.2, -0.15) is 0 Å². The van der Waals surface area contributed by atoms with Crippen LogP contribution < -0.4 is 0 Å². The molecule has 1 aliphatic heterocycles. The Labute approximate surface area is 128 Å². The minimum atomic E-state index is -3.85. The molecule has 7 nitrogen and oxygen atoms in total. The lowest BCUT2D eigenvalue weighted by Crippen LogP contribution is -2.48. The van der Waals surface area contributed by atoms with Crippen LogP contribution in [-0.2, 0) is 26.0 Å². The second-order valence-electron chi connectivity index (χ2n) is 5.28. The molecule has 1 aliphatic rings. The van der Waals surface area contributed by atoms with Crippen LogP contribution in [0.2, 0.25) is 0 Å². The second kappa shape index (κ2) is 5.96. The van der Waals surface area contributed by atoms with Gasteiger partial charge in [-0.25, -0.2) is 13.2 Å². The smallest absolute Gasteiger partial charge is 0.410 e. The highest BCUT2D eigenvalue weighted by Gasteiger charge is 2.54. The fourth-order valence-electron chi connectivity index (χ4n) is 2.38. The molecule has 0 saturated carbocycles. The number of rotatable bonds is 4. The normalized spacial score (nSPS) is 21.6. The molecule has 0 spiro atoms. The fourth-order valence-corrected chi connectivity index (χ4v) is 3.55. The topological polar surface area (TPSA) is 101 Å². The van der Waals surface area contributed by atoms with E-state index in [1.807, 2.05) is 6.07 Å². The highest BCUT2D eigenvalue weighted by atomic mass is 32.2. The van der Waals surface area contributed by atoms with E-state index in [9.17, 15) is 23.1 Å². The minimum Gasteiger partial charge on any atom is -0.480 e. The van der Waals surface area contributed by atoms with E-state index >= 15 is 0 Å². The van der Waals surface area contributed by atoms with Gasteiger partial charge in [0.15, 0.2) is 14.6 Å². The highest BCUT2D eigenvalue weighted by Crippen LogP contribution is 2.30. The van der Waals surface area contributed by atoms with Crippen LogP contribution in [0.25, 0.3) is 0 Å². The quantitative estimate of drug-likeness (QED) is 0.881. The van der Waals surface area contributed by atoms with E-state index in [-0.39, 0.29) is 19.6 Å². The van der Waals surface area contributed by atoms with Crippen LogP contribution in [0.15, 0.2) is 30.3 Å². The molecule has 1 saturated heterocycles. The summed E-state index contributed by atoms with van der Waals surface area (Å²) in [5.41, 5.74) is 0.794. The van der Waals surface area contributed by atoms with Gasteiger partial charge in [0.05, 0.1) is 6.54 Å². The number of benzene rings is 1. The molecule has 8 heteroatoms. The first-order chi connectivity index (χ1) is 10.3. The van der Waals surface area contributed by atoms with Gasteiger partial charge >= 0.3 is 12.1 Å². The third-order valence-corrected chi connectivity index (χ3v) is 5.72. The monoisotopic (exact) mass is 327 g/mol. The van der Waals surface area contributed by atoms with Crippen LogP contribution in [-0.4, -0.2) is 54.6 Å². The third kappa shape index (κ3) is 3.06. The molecule has 1 amide bonds. The molecule has 2 rings (SSSR count). The standard InChI is InChI=1S/C14H17NO6S/c1-22(19,20)14(12(16)17)7-8-15(10-14)13(18)21-9-11-5-3-2-4-6-11/h2-6H,7-10H2,1H3,(H,16,17). The van der Waals surface area contributed by atoms with Crippen LogP contribution >= 0.6 is 0 Å². The minimum absolute atomic E-state index is 0.0347. The fraction of sp³-hybridized carbons (Fsp3) is 0.429. The summed E-state index contributed by atoms with van der Waals surface area (Å²) in [6.07, 6.45) is 0.0252. The number of hydrogen-bond acceptors (Lipinski definition) is 5. The number of likely N-dealkylation sites (tertiary alicyclic amines) is 1. The van der Waals surface area contributed by atoms with Gasteiger partial charge in [-0.3, -0.25) is 4.79 Å². The van der Waals surface area contributed by atoms with E-state index in [0.29, 0.717) is 0 Å². The van der Waals surface area contributed by atoms with Crippen LogP contribution in [0.3, 0.4) is 0 Å². The summed E-state index contributed by atoms with van der Waals surface area (Å²) < 4.78 is 26.7. The number of aliphatic carboxylic acids is 1. The number of carbonyl (C=O) groups excluding carboxylic acids is 1. The van der Waals surface area contributed by atoms with Crippen LogP contribution in [0.4, 0.5) is 4.79 Å². The molecule has 0 aliphatic carbocycles. The van der Waals surface area contributed by atoms with Crippen LogP contribution in [0.5, 0.6) is 0 Å². The molecular weight excluding hydrogens is 310 g/mol. The summed E-state index contributed by atoms with van der Waals surface area (Å²) in [5, 5.41) is 9.25. The lowest BCUT2D eigenvalue weighted by molar-refractivity contribution is -0.139. The van der Waals surface area contributed by atoms with Crippen molar-refractivity contribution in [1.29, 1.82) is 0 Å². The zero-order valence-corrected chi connectivity index (χ0v) is 12.9. The maximum Gasteiger partial charge on any atom is 0.410 e. The maximum atomic E-state index is 12.0. The van der Waals surface area contributed by atoms with Gasteiger partial charge in [-0.1, -0.05) is 30.3 Å². The molecule has 1 fully saturated rings. The zero-order valence-electron chi connectivity index (χ0n) is 12.1.